The lowest BCUT2D eigenvalue weighted by atomic mass is 10.2. The van der Waals surface area contributed by atoms with E-state index in [1.165, 1.54) is 11.3 Å². The third kappa shape index (κ3) is 3.50. The molecule has 110 valence electrons. The molecule has 4 nitrogen and oxygen atoms in total. The van der Waals surface area contributed by atoms with Gasteiger partial charge in [0.1, 0.15) is 5.01 Å². The Balaban J connectivity index is 1.64. The molecule has 0 saturated heterocycles. The molecule has 0 saturated carbocycles. The lowest BCUT2D eigenvalue weighted by Crippen LogP contribution is -2.22. The summed E-state index contributed by atoms with van der Waals surface area (Å²) in [4.78, 5) is 20.8. The first kappa shape index (κ1) is 14.7. The van der Waals surface area contributed by atoms with Crippen LogP contribution in [0.1, 0.15) is 16.1 Å². The van der Waals surface area contributed by atoms with E-state index in [2.05, 4.69) is 15.3 Å². The van der Waals surface area contributed by atoms with Crippen LogP contribution in [-0.2, 0) is 6.54 Å². The van der Waals surface area contributed by atoms with Gasteiger partial charge in [0.15, 0.2) is 0 Å². The normalized spacial score (nSPS) is 10.4. The molecule has 3 aromatic rings. The van der Waals surface area contributed by atoms with Crippen LogP contribution in [0.25, 0.3) is 10.7 Å². The lowest BCUT2D eigenvalue weighted by Gasteiger charge is -2.03. The third-order valence-corrected chi connectivity index (χ3v) is 4.14. The Bertz CT molecular complexity index is 772. The summed E-state index contributed by atoms with van der Waals surface area (Å²) in [5, 5.41) is 6.22. The molecule has 1 amide bonds. The van der Waals surface area contributed by atoms with E-state index in [4.69, 9.17) is 11.6 Å². The van der Waals surface area contributed by atoms with Crippen LogP contribution in [0.4, 0.5) is 0 Å². The third-order valence-electron chi connectivity index (χ3n) is 2.97. The minimum absolute atomic E-state index is 0.149. The highest BCUT2D eigenvalue weighted by Crippen LogP contribution is 2.21. The summed E-state index contributed by atoms with van der Waals surface area (Å²) in [6, 6.07) is 12.5. The molecular formula is C16H12ClN3OS. The van der Waals surface area contributed by atoms with E-state index in [1.807, 2.05) is 23.6 Å². The van der Waals surface area contributed by atoms with E-state index in [9.17, 15) is 4.79 Å². The molecule has 0 aliphatic heterocycles. The van der Waals surface area contributed by atoms with Crippen molar-refractivity contribution in [1.82, 2.24) is 15.3 Å². The summed E-state index contributed by atoms with van der Waals surface area (Å²) in [5.41, 5.74) is 2.22. The van der Waals surface area contributed by atoms with Crippen molar-refractivity contribution in [2.24, 2.45) is 0 Å². The summed E-state index contributed by atoms with van der Waals surface area (Å²) in [6.07, 6.45) is 1.73. The summed E-state index contributed by atoms with van der Waals surface area (Å²) < 4.78 is 0. The molecule has 22 heavy (non-hydrogen) atoms. The second-order valence-electron chi connectivity index (χ2n) is 4.55. The fourth-order valence-electron chi connectivity index (χ4n) is 1.87. The van der Waals surface area contributed by atoms with Gasteiger partial charge in [-0.1, -0.05) is 17.7 Å². The summed E-state index contributed by atoms with van der Waals surface area (Å²) in [7, 11) is 0. The second-order valence-corrected chi connectivity index (χ2v) is 5.84. The van der Waals surface area contributed by atoms with Gasteiger partial charge in [-0.05, 0) is 36.4 Å². The van der Waals surface area contributed by atoms with Crippen LogP contribution in [-0.4, -0.2) is 15.9 Å². The average Bonchev–Trinajstić information content (AvgIpc) is 3.03. The minimum atomic E-state index is -0.149. The smallest absolute Gasteiger partial charge is 0.251 e. The Morgan fingerprint density at radius 2 is 2.00 bits per heavy atom. The molecule has 6 heteroatoms. The number of halogens is 1. The number of hydrogen-bond donors (Lipinski definition) is 1. The fourth-order valence-corrected chi connectivity index (χ4v) is 2.79. The van der Waals surface area contributed by atoms with Gasteiger partial charge in [0.2, 0.25) is 0 Å². The molecule has 0 aliphatic rings. The number of thiazole rings is 1. The van der Waals surface area contributed by atoms with Crippen molar-refractivity contribution in [3.05, 3.63) is 70.3 Å². The fraction of sp³-hybridized carbons (Fsp3) is 0.0625. The SMILES string of the molecule is O=C(NCc1csc(-c2ccccn2)n1)c1ccc(Cl)cc1. The zero-order valence-electron chi connectivity index (χ0n) is 11.5. The Morgan fingerprint density at radius 1 is 1.18 bits per heavy atom. The van der Waals surface area contributed by atoms with Crippen molar-refractivity contribution >= 4 is 28.8 Å². The van der Waals surface area contributed by atoms with Crippen molar-refractivity contribution in [2.75, 3.05) is 0 Å². The summed E-state index contributed by atoms with van der Waals surface area (Å²) in [5.74, 6) is -0.149. The molecule has 1 aromatic carbocycles. The molecule has 0 aliphatic carbocycles. The van der Waals surface area contributed by atoms with E-state index in [1.54, 1.807) is 30.5 Å². The molecule has 3 rings (SSSR count). The number of pyridine rings is 1. The first-order valence-electron chi connectivity index (χ1n) is 6.62. The van der Waals surface area contributed by atoms with Crippen molar-refractivity contribution in [1.29, 1.82) is 0 Å². The van der Waals surface area contributed by atoms with E-state index >= 15 is 0 Å². The van der Waals surface area contributed by atoms with Gasteiger partial charge in [-0.15, -0.1) is 11.3 Å². The van der Waals surface area contributed by atoms with E-state index in [-0.39, 0.29) is 5.91 Å². The topological polar surface area (TPSA) is 54.9 Å². The van der Waals surface area contributed by atoms with Crippen molar-refractivity contribution in [3.8, 4) is 10.7 Å². The zero-order valence-corrected chi connectivity index (χ0v) is 13.1. The van der Waals surface area contributed by atoms with Gasteiger partial charge in [0.05, 0.1) is 17.9 Å². The van der Waals surface area contributed by atoms with Crippen LogP contribution in [0.2, 0.25) is 5.02 Å². The molecule has 0 atom stereocenters. The average molecular weight is 330 g/mol. The van der Waals surface area contributed by atoms with Crippen LogP contribution in [0.15, 0.2) is 54.0 Å². The van der Waals surface area contributed by atoms with Gasteiger partial charge < -0.3 is 5.32 Å². The molecule has 0 radical (unpaired) electrons. The van der Waals surface area contributed by atoms with E-state index in [0.717, 1.165) is 16.4 Å². The molecule has 2 heterocycles. The largest absolute Gasteiger partial charge is 0.346 e. The molecule has 1 N–H and O–H groups in total. The van der Waals surface area contributed by atoms with Crippen molar-refractivity contribution < 1.29 is 4.79 Å². The quantitative estimate of drug-likeness (QED) is 0.792. The van der Waals surface area contributed by atoms with Gasteiger partial charge in [-0.3, -0.25) is 9.78 Å². The Morgan fingerprint density at radius 3 is 2.73 bits per heavy atom. The zero-order chi connectivity index (χ0) is 15.4. The highest BCUT2D eigenvalue weighted by molar-refractivity contribution is 7.13. The summed E-state index contributed by atoms with van der Waals surface area (Å²) in [6.45, 7) is 0.380. The number of carbonyl (C=O) groups is 1. The monoisotopic (exact) mass is 329 g/mol. The molecule has 0 fully saturated rings. The number of rotatable bonds is 4. The maximum absolute atomic E-state index is 12.0. The van der Waals surface area contributed by atoms with Crippen LogP contribution in [0, 0.1) is 0 Å². The molecule has 0 bridgehead atoms. The van der Waals surface area contributed by atoms with Gasteiger partial charge in [0.25, 0.3) is 5.91 Å². The Hall–Kier alpha value is -2.24. The first-order chi connectivity index (χ1) is 10.7. The minimum Gasteiger partial charge on any atom is -0.346 e. The van der Waals surface area contributed by atoms with Crippen molar-refractivity contribution in [3.63, 3.8) is 0 Å². The number of benzene rings is 1. The molecule has 2 aromatic heterocycles. The van der Waals surface area contributed by atoms with E-state index < -0.39 is 0 Å². The lowest BCUT2D eigenvalue weighted by molar-refractivity contribution is 0.0950. The van der Waals surface area contributed by atoms with Crippen molar-refractivity contribution in [2.45, 2.75) is 6.54 Å². The standard InChI is InChI=1S/C16H12ClN3OS/c17-12-6-4-11(5-7-12)15(21)19-9-13-10-22-16(20-13)14-3-1-2-8-18-14/h1-8,10H,9H2,(H,19,21). The first-order valence-corrected chi connectivity index (χ1v) is 7.88. The highest BCUT2D eigenvalue weighted by Gasteiger charge is 2.08. The number of nitrogens with zero attached hydrogens (tertiary/aromatic N) is 2. The van der Waals surface area contributed by atoms with Crippen LogP contribution in [0.3, 0.4) is 0 Å². The number of aromatic nitrogens is 2. The predicted molar refractivity (Wildman–Crippen MR) is 88.0 cm³/mol. The Labute approximate surface area is 136 Å². The summed E-state index contributed by atoms with van der Waals surface area (Å²) >= 11 is 7.31. The Kier molecular flexibility index (Phi) is 4.46. The number of nitrogens with one attached hydrogen (secondary N) is 1. The number of carbonyl (C=O) groups excluding carboxylic acids is 1. The van der Waals surface area contributed by atoms with Gasteiger partial charge in [0, 0.05) is 22.2 Å². The second kappa shape index (κ2) is 6.68. The van der Waals surface area contributed by atoms with Crippen LogP contribution in [0.5, 0.6) is 0 Å². The maximum Gasteiger partial charge on any atom is 0.251 e. The number of hydrogen-bond acceptors (Lipinski definition) is 4. The van der Waals surface area contributed by atoms with Crippen LogP contribution < -0.4 is 5.32 Å². The molecule has 0 unspecified atom stereocenters. The van der Waals surface area contributed by atoms with Gasteiger partial charge in [-0.2, -0.15) is 0 Å². The highest BCUT2D eigenvalue weighted by atomic mass is 35.5. The van der Waals surface area contributed by atoms with Crippen LogP contribution >= 0.6 is 22.9 Å². The van der Waals surface area contributed by atoms with Gasteiger partial charge in [-0.25, -0.2) is 4.98 Å². The van der Waals surface area contributed by atoms with E-state index in [0.29, 0.717) is 17.1 Å². The molecule has 0 spiro atoms. The van der Waals surface area contributed by atoms with Gasteiger partial charge >= 0.3 is 0 Å². The molecular weight excluding hydrogens is 318 g/mol. The number of amides is 1. The predicted octanol–water partition coefficient (Wildman–Crippen LogP) is 3.79. The maximum atomic E-state index is 12.0.